The zero-order valence-corrected chi connectivity index (χ0v) is 7.22. The normalized spacial score (nSPS) is 10.5. The Morgan fingerprint density at radius 2 is 2.18 bits per heavy atom. The number of nitrogens with one attached hydrogen (secondary N) is 1. The molecule has 0 heterocycles. The summed E-state index contributed by atoms with van der Waals surface area (Å²) in [6, 6.07) is 0.205. The second-order valence-corrected chi connectivity index (χ2v) is 2.48. The Morgan fingerprint density at radius 3 is 2.55 bits per heavy atom. The molecular weight excluding hydrogens is 140 g/mol. The third-order valence-electron chi connectivity index (χ3n) is 1.05. The first-order chi connectivity index (χ1) is 5.07. The van der Waals surface area contributed by atoms with Gasteiger partial charge in [-0.2, -0.15) is 0 Å². The quantitative estimate of drug-likeness (QED) is 0.473. The van der Waals surface area contributed by atoms with Crippen molar-refractivity contribution in [1.82, 2.24) is 5.32 Å². The molecule has 0 saturated carbocycles. The number of aliphatic imine (C=N–C) groups is 1. The number of hydrogen-bond donors (Lipinski definition) is 1. The van der Waals surface area contributed by atoms with Crippen LogP contribution < -0.4 is 5.32 Å². The van der Waals surface area contributed by atoms with E-state index in [9.17, 15) is 4.79 Å². The van der Waals surface area contributed by atoms with Crippen molar-refractivity contribution in [2.75, 3.05) is 7.05 Å². The fraction of sp³-hybridized carbons (Fsp3) is 0.500. The monoisotopic (exact) mass is 154 g/mol. The molecule has 0 aliphatic heterocycles. The van der Waals surface area contributed by atoms with Crippen LogP contribution in [0.2, 0.25) is 0 Å². The van der Waals surface area contributed by atoms with E-state index in [4.69, 9.17) is 0 Å². The van der Waals surface area contributed by atoms with Crippen LogP contribution in [-0.4, -0.2) is 25.2 Å². The van der Waals surface area contributed by atoms with Gasteiger partial charge in [0, 0.05) is 24.9 Å². The molecule has 3 heteroatoms. The molecule has 0 aliphatic carbocycles. The van der Waals surface area contributed by atoms with Gasteiger partial charge in [0.15, 0.2) is 0 Å². The standard InChI is InChI=1S/C8H14N2O/c1-6(2)10-5-7(3)8(11)9-4/h5-6H,3H2,1-2,4H3,(H,9,11)/b10-5-. The maximum Gasteiger partial charge on any atom is 0.251 e. The molecule has 0 atom stereocenters. The smallest absolute Gasteiger partial charge is 0.251 e. The fourth-order valence-electron chi connectivity index (χ4n) is 0.458. The minimum absolute atomic E-state index is 0.186. The highest BCUT2D eigenvalue weighted by Gasteiger charge is 1.99. The van der Waals surface area contributed by atoms with Crippen LogP contribution in [0.5, 0.6) is 0 Å². The van der Waals surface area contributed by atoms with Crippen LogP contribution in [0.25, 0.3) is 0 Å². The molecule has 1 N–H and O–H groups in total. The highest BCUT2D eigenvalue weighted by Crippen LogP contribution is 1.89. The van der Waals surface area contributed by atoms with E-state index in [1.807, 2.05) is 13.8 Å². The van der Waals surface area contributed by atoms with E-state index in [-0.39, 0.29) is 11.9 Å². The third-order valence-corrected chi connectivity index (χ3v) is 1.05. The average Bonchev–Trinajstić information content (AvgIpc) is 1.98. The highest BCUT2D eigenvalue weighted by atomic mass is 16.1. The van der Waals surface area contributed by atoms with Crippen molar-refractivity contribution in [1.29, 1.82) is 0 Å². The molecule has 11 heavy (non-hydrogen) atoms. The van der Waals surface area contributed by atoms with Crippen LogP contribution in [0.15, 0.2) is 17.1 Å². The van der Waals surface area contributed by atoms with Crippen molar-refractivity contribution in [2.45, 2.75) is 19.9 Å². The molecule has 62 valence electrons. The maximum atomic E-state index is 10.8. The summed E-state index contributed by atoms with van der Waals surface area (Å²) in [4.78, 5) is 14.8. The van der Waals surface area contributed by atoms with E-state index in [0.29, 0.717) is 5.57 Å². The molecule has 0 bridgehead atoms. The van der Waals surface area contributed by atoms with E-state index in [0.717, 1.165) is 0 Å². The van der Waals surface area contributed by atoms with E-state index < -0.39 is 0 Å². The summed E-state index contributed by atoms with van der Waals surface area (Å²) < 4.78 is 0. The second-order valence-electron chi connectivity index (χ2n) is 2.48. The zero-order valence-electron chi connectivity index (χ0n) is 7.22. The number of nitrogens with zero attached hydrogens (tertiary/aromatic N) is 1. The molecule has 3 nitrogen and oxygen atoms in total. The number of rotatable bonds is 3. The van der Waals surface area contributed by atoms with E-state index in [1.54, 1.807) is 7.05 Å². The van der Waals surface area contributed by atoms with Gasteiger partial charge in [-0.25, -0.2) is 0 Å². The SMILES string of the molecule is C=C(/C=N\C(C)C)C(=O)NC. The lowest BCUT2D eigenvalue weighted by atomic mass is 10.3. The molecular formula is C8H14N2O. The Morgan fingerprint density at radius 1 is 1.64 bits per heavy atom. The summed E-state index contributed by atoms with van der Waals surface area (Å²) >= 11 is 0. The summed E-state index contributed by atoms with van der Waals surface area (Å²) in [6.45, 7) is 7.41. The van der Waals surface area contributed by atoms with Gasteiger partial charge in [0.25, 0.3) is 5.91 Å². The van der Waals surface area contributed by atoms with Crippen molar-refractivity contribution in [3.8, 4) is 0 Å². The molecule has 0 rings (SSSR count). The minimum Gasteiger partial charge on any atom is -0.355 e. The number of likely N-dealkylation sites (N-methyl/N-ethyl adjacent to an activating group) is 1. The summed E-state index contributed by atoms with van der Waals surface area (Å²) in [5.41, 5.74) is 0.390. The molecule has 0 saturated heterocycles. The van der Waals surface area contributed by atoms with E-state index in [2.05, 4.69) is 16.9 Å². The van der Waals surface area contributed by atoms with Gasteiger partial charge in [0.2, 0.25) is 0 Å². The molecule has 0 spiro atoms. The Labute approximate surface area is 67.2 Å². The lowest BCUT2D eigenvalue weighted by Gasteiger charge is -1.97. The van der Waals surface area contributed by atoms with Gasteiger partial charge in [-0.05, 0) is 13.8 Å². The minimum atomic E-state index is -0.186. The predicted octanol–water partition coefficient (Wildman–Crippen LogP) is 0.768. The van der Waals surface area contributed by atoms with Crippen LogP contribution in [0.4, 0.5) is 0 Å². The van der Waals surface area contributed by atoms with Gasteiger partial charge in [0.05, 0.1) is 0 Å². The van der Waals surface area contributed by atoms with Crippen molar-refractivity contribution < 1.29 is 4.79 Å². The van der Waals surface area contributed by atoms with Crippen molar-refractivity contribution >= 4 is 12.1 Å². The Bertz CT molecular complexity index is 183. The van der Waals surface area contributed by atoms with Gasteiger partial charge < -0.3 is 5.32 Å². The highest BCUT2D eigenvalue weighted by molar-refractivity contribution is 6.11. The van der Waals surface area contributed by atoms with Gasteiger partial charge in [-0.3, -0.25) is 9.79 Å². The summed E-state index contributed by atoms with van der Waals surface area (Å²) in [5, 5.41) is 2.46. The van der Waals surface area contributed by atoms with Gasteiger partial charge in [-0.15, -0.1) is 0 Å². The molecule has 0 aromatic rings. The number of amides is 1. The Balaban J connectivity index is 3.97. The Hall–Kier alpha value is -1.12. The number of carbonyl (C=O) groups is 1. The second kappa shape index (κ2) is 4.66. The van der Waals surface area contributed by atoms with Crippen molar-refractivity contribution in [2.24, 2.45) is 4.99 Å². The summed E-state index contributed by atoms with van der Waals surface area (Å²) in [7, 11) is 1.57. The van der Waals surface area contributed by atoms with Crippen LogP contribution in [0.3, 0.4) is 0 Å². The maximum absolute atomic E-state index is 10.8. The first kappa shape index (κ1) is 9.88. The molecule has 0 unspecified atom stereocenters. The van der Waals surface area contributed by atoms with Crippen molar-refractivity contribution in [3.05, 3.63) is 12.2 Å². The fourth-order valence-corrected chi connectivity index (χ4v) is 0.458. The Kier molecular flexibility index (Phi) is 4.18. The van der Waals surface area contributed by atoms with E-state index >= 15 is 0 Å². The lowest BCUT2D eigenvalue weighted by Crippen LogP contribution is -2.20. The topological polar surface area (TPSA) is 41.5 Å². The number of carbonyl (C=O) groups excluding carboxylic acids is 1. The van der Waals surface area contributed by atoms with E-state index in [1.165, 1.54) is 6.21 Å². The van der Waals surface area contributed by atoms with Crippen LogP contribution in [-0.2, 0) is 4.79 Å². The largest absolute Gasteiger partial charge is 0.355 e. The third kappa shape index (κ3) is 4.31. The molecule has 0 fully saturated rings. The van der Waals surface area contributed by atoms with Gasteiger partial charge in [0.1, 0.15) is 0 Å². The predicted molar refractivity (Wildman–Crippen MR) is 46.8 cm³/mol. The van der Waals surface area contributed by atoms with Gasteiger partial charge in [-0.1, -0.05) is 6.58 Å². The average molecular weight is 154 g/mol. The molecule has 0 aromatic carbocycles. The first-order valence-corrected chi connectivity index (χ1v) is 3.52. The van der Waals surface area contributed by atoms with Crippen LogP contribution in [0, 0.1) is 0 Å². The molecule has 0 aliphatic rings. The van der Waals surface area contributed by atoms with Crippen LogP contribution >= 0.6 is 0 Å². The molecule has 0 aromatic heterocycles. The lowest BCUT2D eigenvalue weighted by molar-refractivity contribution is -0.116. The van der Waals surface area contributed by atoms with Crippen molar-refractivity contribution in [3.63, 3.8) is 0 Å². The molecule has 1 amide bonds. The summed E-state index contributed by atoms with van der Waals surface area (Å²) in [6.07, 6.45) is 1.49. The summed E-state index contributed by atoms with van der Waals surface area (Å²) in [5.74, 6) is -0.186. The number of hydrogen-bond acceptors (Lipinski definition) is 2. The zero-order chi connectivity index (χ0) is 8.85. The van der Waals surface area contributed by atoms with Crippen LogP contribution in [0.1, 0.15) is 13.8 Å². The molecule has 0 radical (unpaired) electrons. The first-order valence-electron chi connectivity index (χ1n) is 3.52. The van der Waals surface area contributed by atoms with Gasteiger partial charge >= 0.3 is 0 Å².